The molecule has 1 aliphatic carbocycles. The zero-order valence-electron chi connectivity index (χ0n) is 19.2. The van der Waals surface area contributed by atoms with Crippen LogP contribution in [0.1, 0.15) is 46.7 Å². The van der Waals surface area contributed by atoms with Gasteiger partial charge in [-0.25, -0.2) is 0 Å². The molecule has 3 aromatic rings. The number of anilines is 2. The van der Waals surface area contributed by atoms with Crippen molar-refractivity contribution in [2.75, 3.05) is 10.2 Å². The van der Waals surface area contributed by atoms with Crippen molar-refractivity contribution in [1.29, 1.82) is 0 Å². The number of nitrogens with zero attached hydrogens (tertiary/aromatic N) is 1. The molecular weight excluding hydrogens is 469 g/mol. The third kappa shape index (κ3) is 4.51. The summed E-state index contributed by atoms with van der Waals surface area (Å²) in [5.74, 6) is -1.54. The molecule has 1 N–H and O–H groups in total. The summed E-state index contributed by atoms with van der Waals surface area (Å²) in [6, 6.07) is 20.3. The van der Waals surface area contributed by atoms with E-state index in [0.717, 1.165) is 18.6 Å². The number of fused-ring (bicyclic) bond motifs is 1. The number of amides is 3. The summed E-state index contributed by atoms with van der Waals surface area (Å²) in [5.41, 5.74) is 0.896. The average molecular weight is 492 g/mol. The molecule has 0 aromatic heterocycles. The Bertz CT molecular complexity index is 1310. The van der Waals surface area contributed by atoms with Crippen molar-refractivity contribution in [3.05, 3.63) is 95.6 Å². The topological polar surface area (TPSA) is 66.5 Å². The van der Waals surface area contributed by atoms with Crippen LogP contribution in [-0.2, 0) is 15.8 Å². The van der Waals surface area contributed by atoms with Crippen LogP contribution in [0.15, 0.2) is 78.9 Å². The maximum absolute atomic E-state index is 13.2. The smallest absolute Gasteiger partial charge is 0.322 e. The van der Waals surface area contributed by atoms with Crippen molar-refractivity contribution < 1.29 is 27.6 Å². The first-order chi connectivity index (χ1) is 17.2. The Hall–Kier alpha value is -3.94. The lowest BCUT2D eigenvalue weighted by molar-refractivity contribution is -0.137. The highest BCUT2D eigenvalue weighted by Crippen LogP contribution is 2.45. The fourth-order valence-electron chi connectivity index (χ4n) is 5.20. The van der Waals surface area contributed by atoms with Gasteiger partial charge in [0.1, 0.15) is 0 Å². The third-order valence-electron chi connectivity index (χ3n) is 7.03. The molecule has 1 saturated carbocycles. The molecule has 3 atom stereocenters. The minimum Gasteiger partial charge on any atom is -0.322 e. The number of hydrogen-bond acceptors (Lipinski definition) is 3. The fourth-order valence-corrected chi connectivity index (χ4v) is 5.20. The van der Waals surface area contributed by atoms with Gasteiger partial charge < -0.3 is 5.32 Å². The second kappa shape index (κ2) is 9.26. The maximum atomic E-state index is 13.2. The van der Waals surface area contributed by atoms with Crippen LogP contribution in [0.5, 0.6) is 0 Å². The molecule has 2 aliphatic rings. The van der Waals surface area contributed by atoms with E-state index in [4.69, 9.17) is 0 Å². The summed E-state index contributed by atoms with van der Waals surface area (Å²) in [6.07, 6.45) is -2.42. The molecule has 2 fully saturated rings. The number of nitrogens with one attached hydrogen (secondary N) is 1. The van der Waals surface area contributed by atoms with Gasteiger partial charge in [0.05, 0.1) is 23.1 Å². The molecule has 5 rings (SSSR count). The van der Waals surface area contributed by atoms with Crippen molar-refractivity contribution in [3.8, 4) is 0 Å². The first kappa shape index (κ1) is 23.8. The Morgan fingerprint density at radius 1 is 0.833 bits per heavy atom. The Labute approximate surface area is 205 Å². The normalized spacial score (nSPS) is 21.9. The summed E-state index contributed by atoms with van der Waals surface area (Å²) in [7, 11) is 0. The minimum atomic E-state index is -4.52. The van der Waals surface area contributed by atoms with Crippen LogP contribution in [0.3, 0.4) is 0 Å². The van der Waals surface area contributed by atoms with E-state index in [1.807, 2.05) is 30.3 Å². The molecule has 1 aliphatic heterocycles. The van der Waals surface area contributed by atoms with Gasteiger partial charge in [-0.3, -0.25) is 19.3 Å². The minimum absolute atomic E-state index is 0.0147. The summed E-state index contributed by atoms with van der Waals surface area (Å²) < 4.78 is 38.8. The second-order valence-electron chi connectivity index (χ2n) is 9.23. The van der Waals surface area contributed by atoms with Crippen molar-refractivity contribution >= 4 is 29.1 Å². The Morgan fingerprint density at radius 2 is 1.53 bits per heavy atom. The fraction of sp³-hybridized carbons (Fsp3) is 0.250. The van der Waals surface area contributed by atoms with Crippen LogP contribution in [0, 0.1) is 11.8 Å². The van der Waals surface area contributed by atoms with E-state index in [1.165, 1.54) is 46.9 Å². The van der Waals surface area contributed by atoms with Gasteiger partial charge in [-0.05, 0) is 73.2 Å². The highest BCUT2D eigenvalue weighted by molar-refractivity contribution is 6.22. The molecule has 5 nitrogen and oxygen atoms in total. The SMILES string of the molecule is O=C(Nc1cccc(C(F)(F)F)c1)c1ccc(N2C(=O)[C@H]3CC[C@H](c4ccccc4)C[C@H]3C2=O)cc1. The molecule has 1 heterocycles. The number of hydrogen-bond donors (Lipinski definition) is 1. The van der Waals surface area contributed by atoms with Gasteiger partial charge >= 0.3 is 6.18 Å². The van der Waals surface area contributed by atoms with E-state index in [1.54, 1.807) is 0 Å². The molecule has 36 heavy (non-hydrogen) atoms. The van der Waals surface area contributed by atoms with Crippen molar-refractivity contribution in [3.63, 3.8) is 0 Å². The van der Waals surface area contributed by atoms with Gasteiger partial charge in [0.15, 0.2) is 0 Å². The Balaban J connectivity index is 1.29. The Morgan fingerprint density at radius 3 is 2.22 bits per heavy atom. The third-order valence-corrected chi connectivity index (χ3v) is 7.03. The van der Waals surface area contributed by atoms with Gasteiger partial charge in [0, 0.05) is 11.3 Å². The zero-order valence-corrected chi connectivity index (χ0v) is 19.2. The number of benzene rings is 3. The van der Waals surface area contributed by atoms with Gasteiger partial charge in [-0.1, -0.05) is 36.4 Å². The van der Waals surface area contributed by atoms with Crippen molar-refractivity contribution in [2.45, 2.75) is 31.4 Å². The van der Waals surface area contributed by atoms with Crippen LogP contribution < -0.4 is 10.2 Å². The summed E-state index contributed by atoms with van der Waals surface area (Å²) in [6.45, 7) is 0. The molecule has 0 unspecified atom stereocenters. The standard InChI is InChI=1S/C28H23F3N2O3/c29-28(30,31)20-7-4-8-21(16-20)32-25(34)18-9-12-22(13-10-18)33-26(35)23-14-11-19(15-24(23)27(33)36)17-5-2-1-3-6-17/h1-10,12-13,16,19,23-24H,11,14-15H2,(H,32,34)/t19-,23-,24+/m0/s1. The molecule has 0 bridgehead atoms. The number of imide groups is 1. The van der Waals surface area contributed by atoms with Gasteiger partial charge in [0.25, 0.3) is 5.91 Å². The highest BCUT2D eigenvalue weighted by atomic mass is 19.4. The van der Waals surface area contributed by atoms with Crippen molar-refractivity contribution in [1.82, 2.24) is 0 Å². The van der Waals surface area contributed by atoms with Crippen LogP contribution in [0.25, 0.3) is 0 Å². The number of alkyl halides is 3. The van der Waals surface area contributed by atoms with Crippen LogP contribution >= 0.6 is 0 Å². The first-order valence-electron chi connectivity index (χ1n) is 11.7. The number of carbonyl (C=O) groups is 3. The summed E-state index contributed by atoms with van der Waals surface area (Å²) >= 11 is 0. The number of rotatable bonds is 4. The molecule has 0 radical (unpaired) electrons. The molecule has 3 aromatic carbocycles. The molecule has 3 amide bonds. The molecular formula is C28H23F3N2O3. The summed E-state index contributed by atoms with van der Waals surface area (Å²) in [5, 5.41) is 2.45. The largest absolute Gasteiger partial charge is 0.416 e. The maximum Gasteiger partial charge on any atom is 0.416 e. The van der Waals surface area contributed by atoms with Crippen LogP contribution in [0.4, 0.5) is 24.5 Å². The average Bonchev–Trinajstić information content (AvgIpc) is 3.13. The van der Waals surface area contributed by atoms with Gasteiger partial charge in [-0.15, -0.1) is 0 Å². The van der Waals surface area contributed by atoms with Crippen LogP contribution in [0.2, 0.25) is 0 Å². The lowest BCUT2D eigenvalue weighted by atomic mass is 9.73. The monoisotopic (exact) mass is 492 g/mol. The molecule has 0 spiro atoms. The molecule has 1 saturated heterocycles. The lowest BCUT2D eigenvalue weighted by Crippen LogP contribution is -2.30. The second-order valence-corrected chi connectivity index (χ2v) is 9.23. The predicted molar refractivity (Wildman–Crippen MR) is 128 cm³/mol. The van der Waals surface area contributed by atoms with E-state index in [-0.39, 0.29) is 40.8 Å². The van der Waals surface area contributed by atoms with E-state index >= 15 is 0 Å². The summed E-state index contributed by atoms with van der Waals surface area (Å²) in [4.78, 5) is 40.1. The molecule has 8 heteroatoms. The number of halogens is 3. The van der Waals surface area contributed by atoms with Crippen LogP contribution in [-0.4, -0.2) is 17.7 Å². The van der Waals surface area contributed by atoms with E-state index in [9.17, 15) is 27.6 Å². The van der Waals surface area contributed by atoms with E-state index in [2.05, 4.69) is 5.32 Å². The van der Waals surface area contributed by atoms with Gasteiger partial charge in [-0.2, -0.15) is 13.2 Å². The Kier molecular flexibility index (Phi) is 6.12. The van der Waals surface area contributed by atoms with E-state index in [0.29, 0.717) is 18.5 Å². The quantitative estimate of drug-likeness (QED) is 0.452. The first-order valence-corrected chi connectivity index (χ1v) is 11.7. The van der Waals surface area contributed by atoms with E-state index < -0.39 is 17.6 Å². The lowest BCUT2D eigenvalue weighted by Gasteiger charge is -2.28. The van der Waals surface area contributed by atoms with Gasteiger partial charge in [0.2, 0.25) is 11.8 Å². The highest BCUT2D eigenvalue weighted by Gasteiger charge is 2.50. The van der Waals surface area contributed by atoms with Crippen molar-refractivity contribution in [2.24, 2.45) is 11.8 Å². The zero-order chi connectivity index (χ0) is 25.4. The predicted octanol–water partition coefficient (Wildman–Crippen LogP) is 6.03. The molecule has 184 valence electrons. The number of carbonyl (C=O) groups excluding carboxylic acids is 3.